The minimum absolute atomic E-state index is 0.0743. The fraction of sp³-hybridized carbons (Fsp3) is 0.480. The van der Waals surface area contributed by atoms with Crippen LogP contribution in [0.15, 0.2) is 48.5 Å². The van der Waals surface area contributed by atoms with E-state index in [-0.39, 0.29) is 29.0 Å². The highest BCUT2D eigenvalue weighted by Gasteiger charge is 2.54. The second-order valence-corrected chi connectivity index (χ2v) is 10.3. The van der Waals surface area contributed by atoms with Gasteiger partial charge in [-0.25, -0.2) is 8.78 Å². The van der Waals surface area contributed by atoms with E-state index >= 15 is 0 Å². The number of thioether (sulfide) groups is 1. The first kappa shape index (κ1) is 21.0. The molecule has 2 unspecified atom stereocenters. The molecule has 1 amide bonds. The summed E-state index contributed by atoms with van der Waals surface area (Å²) in [4.78, 5) is 15.6. The summed E-state index contributed by atoms with van der Waals surface area (Å²) >= 11 is 1.97. The highest BCUT2D eigenvalue weighted by molar-refractivity contribution is 7.99. The van der Waals surface area contributed by atoms with Gasteiger partial charge in [-0.2, -0.15) is 11.8 Å². The average Bonchev–Trinajstić information content (AvgIpc) is 3.11. The molecule has 0 radical (unpaired) electrons. The molecule has 3 nitrogen and oxygen atoms in total. The van der Waals surface area contributed by atoms with E-state index in [0.29, 0.717) is 6.54 Å². The Morgan fingerprint density at radius 2 is 1.58 bits per heavy atom. The van der Waals surface area contributed by atoms with E-state index in [2.05, 4.69) is 10.2 Å². The number of likely N-dealkylation sites (tertiary alicyclic amines) is 1. The van der Waals surface area contributed by atoms with Crippen LogP contribution in [0.2, 0.25) is 0 Å². The van der Waals surface area contributed by atoms with Crippen LogP contribution < -0.4 is 5.32 Å². The number of benzene rings is 2. The van der Waals surface area contributed by atoms with Gasteiger partial charge < -0.3 is 5.32 Å². The van der Waals surface area contributed by atoms with Gasteiger partial charge in [0.2, 0.25) is 5.91 Å². The van der Waals surface area contributed by atoms with Crippen LogP contribution in [0, 0.1) is 17.0 Å². The maximum absolute atomic E-state index is 13.6. The van der Waals surface area contributed by atoms with E-state index in [9.17, 15) is 13.6 Å². The van der Waals surface area contributed by atoms with Crippen molar-refractivity contribution >= 4 is 17.7 Å². The summed E-state index contributed by atoms with van der Waals surface area (Å²) in [6.07, 6.45) is 3.78. The largest absolute Gasteiger partial charge is 0.355 e. The second-order valence-electron chi connectivity index (χ2n) is 9.15. The van der Waals surface area contributed by atoms with Crippen LogP contribution in [-0.4, -0.2) is 41.9 Å². The predicted octanol–water partition coefficient (Wildman–Crippen LogP) is 4.68. The molecule has 0 saturated carbocycles. The van der Waals surface area contributed by atoms with E-state index in [4.69, 9.17) is 0 Å². The smallest absolute Gasteiger partial charge is 0.227 e. The van der Waals surface area contributed by atoms with Crippen molar-refractivity contribution in [2.75, 3.05) is 31.1 Å². The van der Waals surface area contributed by atoms with Gasteiger partial charge in [0.1, 0.15) is 11.6 Å². The lowest BCUT2D eigenvalue weighted by molar-refractivity contribution is -0.131. The third-order valence-corrected chi connectivity index (χ3v) is 8.98. The fourth-order valence-electron chi connectivity index (χ4n) is 5.97. The topological polar surface area (TPSA) is 32.3 Å². The fourth-order valence-corrected chi connectivity index (χ4v) is 7.29. The van der Waals surface area contributed by atoms with Crippen molar-refractivity contribution in [2.45, 2.75) is 37.1 Å². The minimum atomic E-state index is -0.430. The summed E-state index contributed by atoms with van der Waals surface area (Å²) in [5.41, 5.74) is 1.69. The second kappa shape index (κ2) is 8.21. The SMILES string of the molecule is O=C1NCC(c2ccc(F)cc2)C12CCN(C1(c3ccc(F)cc3)CCCSC1)CC2. The Bertz CT molecular complexity index is 933. The Kier molecular flexibility index (Phi) is 5.55. The van der Waals surface area contributed by atoms with E-state index in [0.717, 1.165) is 55.8 Å². The van der Waals surface area contributed by atoms with Crippen molar-refractivity contribution in [1.82, 2.24) is 10.2 Å². The normalized spacial score (nSPS) is 28.6. The van der Waals surface area contributed by atoms with Crippen LogP contribution in [0.25, 0.3) is 0 Å². The number of carbonyl (C=O) groups excluding carboxylic acids is 1. The molecule has 3 aliphatic heterocycles. The zero-order valence-electron chi connectivity index (χ0n) is 17.6. The van der Waals surface area contributed by atoms with Gasteiger partial charge in [0.25, 0.3) is 0 Å². The number of rotatable bonds is 3. The van der Waals surface area contributed by atoms with Crippen molar-refractivity contribution < 1.29 is 13.6 Å². The zero-order valence-corrected chi connectivity index (χ0v) is 18.4. The average molecular weight is 443 g/mol. The molecule has 2 aromatic carbocycles. The van der Waals surface area contributed by atoms with Gasteiger partial charge >= 0.3 is 0 Å². The van der Waals surface area contributed by atoms with Crippen molar-refractivity contribution in [3.8, 4) is 0 Å². The van der Waals surface area contributed by atoms with Gasteiger partial charge in [-0.15, -0.1) is 0 Å². The first-order chi connectivity index (χ1) is 15.0. The summed E-state index contributed by atoms with van der Waals surface area (Å²) in [6, 6.07) is 13.6. The third-order valence-electron chi connectivity index (χ3n) is 7.72. The molecule has 0 aromatic heterocycles. The summed E-state index contributed by atoms with van der Waals surface area (Å²) in [7, 11) is 0. The quantitative estimate of drug-likeness (QED) is 0.749. The van der Waals surface area contributed by atoms with E-state index < -0.39 is 5.41 Å². The van der Waals surface area contributed by atoms with E-state index in [1.165, 1.54) is 17.7 Å². The minimum Gasteiger partial charge on any atom is -0.355 e. The first-order valence-electron chi connectivity index (χ1n) is 11.2. The molecular weight excluding hydrogens is 414 g/mol. The standard InChI is InChI=1S/C25H28F2N2OS/c26-20-6-2-18(3-7-20)22-16-28-23(30)24(22)11-13-29(14-12-24)25(10-1-15-31-17-25)19-4-8-21(27)9-5-19/h2-9,22H,1,10-17H2,(H,28,30). The lowest BCUT2D eigenvalue weighted by Gasteiger charge is -2.51. The zero-order chi connectivity index (χ0) is 21.5. The third kappa shape index (κ3) is 3.58. The van der Waals surface area contributed by atoms with Gasteiger partial charge in [-0.05, 0) is 66.8 Å². The molecule has 1 N–H and O–H groups in total. The Labute approximate surface area is 186 Å². The van der Waals surface area contributed by atoms with Crippen LogP contribution in [0.1, 0.15) is 42.7 Å². The molecule has 3 heterocycles. The maximum atomic E-state index is 13.6. The molecule has 31 heavy (non-hydrogen) atoms. The molecule has 0 bridgehead atoms. The monoisotopic (exact) mass is 442 g/mol. The molecule has 164 valence electrons. The molecule has 5 rings (SSSR count). The maximum Gasteiger partial charge on any atom is 0.227 e. The summed E-state index contributed by atoms with van der Waals surface area (Å²) in [5, 5.41) is 3.09. The Morgan fingerprint density at radius 1 is 0.935 bits per heavy atom. The van der Waals surface area contributed by atoms with Crippen LogP contribution in [0.3, 0.4) is 0 Å². The number of hydrogen-bond donors (Lipinski definition) is 1. The van der Waals surface area contributed by atoms with Crippen molar-refractivity contribution in [3.63, 3.8) is 0 Å². The van der Waals surface area contributed by atoms with E-state index in [1.807, 2.05) is 36.0 Å². The summed E-state index contributed by atoms with van der Waals surface area (Å²) in [5.74, 6) is 1.92. The number of hydrogen-bond acceptors (Lipinski definition) is 3. The van der Waals surface area contributed by atoms with Crippen molar-refractivity contribution in [1.29, 1.82) is 0 Å². The molecule has 6 heteroatoms. The molecule has 2 aromatic rings. The van der Waals surface area contributed by atoms with Crippen LogP contribution in [0.4, 0.5) is 8.78 Å². The molecule has 2 atom stereocenters. The highest BCUT2D eigenvalue weighted by atomic mass is 32.2. The van der Waals surface area contributed by atoms with Crippen LogP contribution in [0.5, 0.6) is 0 Å². The number of halogens is 2. The van der Waals surface area contributed by atoms with Crippen molar-refractivity contribution in [2.24, 2.45) is 5.41 Å². The number of nitrogens with zero attached hydrogens (tertiary/aromatic N) is 1. The van der Waals surface area contributed by atoms with Crippen LogP contribution in [-0.2, 0) is 10.3 Å². The molecule has 3 fully saturated rings. The summed E-state index contributed by atoms with van der Waals surface area (Å²) in [6.45, 7) is 2.29. The first-order valence-corrected chi connectivity index (χ1v) is 12.3. The van der Waals surface area contributed by atoms with Crippen molar-refractivity contribution in [3.05, 3.63) is 71.3 Å². The lowest BCUT2D eigenvalue weighted by Crippen LogP contribution is -2.56. The molecule has 3 saturated heterocycles. The Morgan fingerprint density at radius 3 is 2.19 bits per heavy atom. The lowest BCUT2D eigenvalue weighted by atomic mass is 9.67. The number of piperidine rings is 1. The predicted molar refractivity (Wildman–Crippen MR) is 120 cm³/mol. The summed E-state index contributed by atoms with van der Waals surface area (Å²) < 4.78 is 27.1. The number of amides is 1. The van der Waals surface area contributed by atoms with Gasteiger partial charge in [-0.1, -0.05) is 24.3 Å². The van der Waals surface area contributed by atoms with Gasteiger partial charge in [0.15, 0.2) is 0 Å². The van der Waals surface area contributed by atoms with E-state index in [1.54, 1.807) is 12.1 Å². The molecule has 1 spiro atoms. The highest BCUT2D eigenvalue weighted by Crippen LogP contribution is 2.51. The number of nitrogens with one attached hydrogen (secondary N) is 1. The van der Waals surface area contributed by atoms with Gasteiger partial charge in [0.05, 0.1) is 11.0 Å². The Balaban J connectivity index is 1.41. The van der Waals surface area contributed by atoms with Gasteiger partial charge in [0, 0.05) is 31.3 Å². The molecule has 0 aliphatic carbocycles. The molecule has 3 aliphatic rings. The Hall–Kier alpha value is -1.92. The van der Waals surface area contributed by atoms with Crippen LogP contribution >= 0.6 is 11.8 Å². The molecular formula is C25H28F2N2OS. The number of carbonyl (C=O) groups is 1. The van der Waals surface area contributed by atoms with Gasteiger partial charge in [-0.3, -0.25) is 9.69 Å².